The zero-order valence-corrected chi connectivity index (χ0v) is 14.4. The predicted octanol–water partition coefficient (Wildman–Crippen LogP) is 2.96. The molecule has 1 N–H and O–H groups in total. The van der Waals surface area contributed by atoms with Crippen LogP contribution in [0.5, 0.6) is 0 Å². The lowest BCUT2D eigenvalue weighted by atomic mass is 10.1. The van der Waals surface area contributed by atoms with Crippen LogP contribution in [0.2, 0.25) is 0 Å². The molecule has 21 heavy (non-hydrogen) atoms. The number of hydrogen-bond acceptors (Lipinski definition) is 5. The van der Waals surface area contributed by atoms with E-state index in [1.54, 1.807) is 0 Å². The molecule has 0 amide bonds. The van der Waals surface area contributed by atoms with Gasteiger partial charge in [-0.15, -0.1) is 11.3 Å². The zero-order chi connectivity index (χ0) is 15.0. The van der Waals surface area contributed by atoms with Gasteiger partial charge < -0.3 is 15.0 Å². The molecular formula is C16H27N3OS. The van der Waals surface area contributed by atoms with Crippen molar-refractivity contribution in [3.63, 3.8) is 0 Å². The zero-order valence-electron chi connectivity index (χ0n) is 13.6. The van der Waals surface area contributed by atoms with Crippen molar-refractivity contribution in [2.75, 3.05) is 18.0 Å². The molecule has 2 saturated heterocycles. The molecule has 0 spiro atoms. The first-order chi connectivity index (χ1) is 9.94. The first-order valence-corrected chi connectivity index (χ1v) is 8.90. The third-order valence-electron chi connectivity index (χ3n) is 4.20. The standard InChI is InChI=1S/C16H27N3OS/c1-5-13-14(8-17-16(2,3)4)21-15(18-13)19-9-11-6-7-12(10-19)20-11/h11-12,17H,5-10H2,1-4H3. The molecular weight excluding hydrogens is 282 g/mol. The van der Waals surface area contributed by atoms with Gasteiger partial charge in [0.2, 0.25) is 0 Å². The lowest BCUT2D eigenvalue weighted by Crippen LogP contribution is -2.42. The van der Waals surface area contributed by atoms with Crippen LogP contribution in [0.15, 0.2) is 0 Å². The molecule has 2 atom stereocenters. The van der Waals surface area contributed by atoms with Crippen LogP contribution in [0.4, 0.5) is 5.13 Å². The quantitative estimate of drug-likeness (QED) is 0.928. The van der Waals surface area contributed by atoms with Gasteiger partial charge in [0, 0.05) is 30.1 Å². The minimum Gasteiger partial charge on any atom is -0.371 e. The van der Waals surface area contributed by atoms with Gasteiger partial charge in [0.25, 0.3) is 0 Å². The van der Waals surface area contributed by atoms with Crippen LogP contribution in [0.3, 0.4) is 0 Å². The molecule has 0 aromatic carbocycles. The number of thiazole rings is 1. The summed E-state index contributed by atoms with van der Waals surface area (Å²) in [6.45, 7) is 11.8. The second-order valence-corrected chi connectivity index (χ2v) is 8.25. The normalized spacial score (nSPS) is 25.6. The molecule has 2 fully saturated rings. The van der Waals surface area contributed by atoms with Crippen molar-refractivity contribution in [2.24, 2.45) is 0 Å². The number of anilines is 1. The Bertz CT molecular complexity index is 482. The van der Waals surface area contributed by atoms with Crippen molar-refractivity contribution < 1.29 is 4.74 Å². The topological polar surface area (TPSA) is 37.4 Å². The number of morpholine rings is 1. The van der Waals surface area contributed by atoms with Crippen LogP contribution in [-0.4, -0.2) is 35.8 Å². The van der Waals surface area contributed by atoms with E-state index in [-0.39, 0.29) is 5.54 Å². The Morgan fingerprint density at radius 1 is 1.29 bits per heavy atom. The third kappa shape index (κ3) is 3.58. The second-order valence-electron chi connectivity index (χ2n) is 7.19. The number of fused-ring (bicyclic) bond motifs is 2. The first-order valence-electron chi connectivity index (χ1n) is 8.08. The number of aromatic nitrogens is 1. The fourth-order valence-electron chi connectivity index (χ4n) is 3.04. The summed E-state index contributed by atoms with van der Waals surface area (Å²) < 4.78 is 5.93. The molecule has 0 radical (unpaired) electrons. The maximum Gasteiger partial charge on any atom is 0.186 e. The summed E-state index contributed by atoms with van der Waals surface area (Å²) in [4.78, 5) is 8.73. The van der Waals surface area contributed by atoms with Gasteiger partial charge in [-0.05, 0) is 40.0 Å². The second kappa shape index (κ2) is 5.86. The summed E-state index contributed by atoms with van der Waals surface area (Å²) in [5.41, 5.74) is 1.40. The van der Waals surface area contributed by atoms with Crippen molar-refractivity contribution in [2.45, 2.75) is 71.2 Å². The Morgan fingerprint density at radius 2 is 1.95 bits per heavy atom. The molecule has 3 heterocycles. The smallest absolute Gasteiger partial charge is 0.186 e. The van der Waals surface area contributed by atoms with E-state index in [9.17, 15) is 0 Å². The number of aryl methyl sites for hydroxylation is 1. The van der Waals surface area contributed by atoms with Gasteiger partial charge in [0.15, 0.2) is 5.13 Å². The molecule has 3 rings (SSSR count). The van der Waals surface area contributed by atoms with E-state index in [1.165, 1.54) is 28.5 Å². The third-order valence-corrected chi connectivity index (χ3v) is 5.35. The van der Waals surface area contributed by atoms with Crippen molar-refractivity contribution in [1.29, 1.82) is 0 Å². The summed E-state index contributed by atoms with van der Waals surface area (Å²) in [7, 11) is 0. The van der Waals surface area contributed by atoms with Crippen LogP contribution >= 0.6 is 11.3 Å². The maximum atomic E-state index is 5.93. The largest absolute Gasteiger partial charge is 0.371 e. The van der Waals surface area contributed by atoms with Crippen molar-refractivity contribution in [3.05, 3.63) is 10.6 Å². The van der Waals surface area contributed by atoms with E-state index in [0.717, 1.165) is 26.1 Å². The molecule has 1 aromatic rings. The molecule has 0 saturated carbocycles. The lowest BCUT2D eigenvalue weighted by molar-refractivity contribution is 0.0305. The van der Waals surface area contributed by atoms with E-state index in [4.69, 9.17) is 9.72 Å². The molecule has 4 nitrogen and oxygen atoms in total. The van der Waals surface area contributed by atoms with E-state index >= 15 is 0 Å². The fourth-order valence-corrected chi connectivity index (χ4v) is 4.14. The van der Waals surface area contributed by atoms with Gasteiger partial charge in [-0.3, -0.25) is 0 Å². The molecule has 5 heteroatoms. The van der Waals surface area contributed by atoms with Gasteiger partial charge in [-0.2, -0.15) is 0 Å². The Balaban J connectivity index is 1.73. The number of nitrogens with one attached hydrogen (secondary N) is 1. The molecule has 2 aliphatic rings. The minimum absolute atomic E-state index is 0.146. The van der Waals surface area contributed by atoms with Crippen LogP contribution in [0, 0.1) is 0 Å². The number of nitrogens with zero attached hydrogens (tertiary/aromatic N) is 2. The fraction of sp³-hybridized carbons (Fsp3) is 0.812. The number of hydrogen-bond donors (Lipinski definition) is 1. The van der Waals surface area contributed by atoms with Gasteiger partial charge in [-0.25, -0.2) is 4.98 Å². The SMILES string of the molecule is CCc1nc(N2CC3CCC(C2)O3)sc1CNC(C)(C)C. The van der Waals surface area contributed by atoms with Gasteiger partial charge >= 0.3 is 0 Å². The highest BCUT2D eigenvalue weighted by molar-refractivity contribution is 7.15. The summed E-state index contributed by atoms with van der Waals surface area (Å²) >= 11 is 1.86. The Morgan fingerprint density at radius 3 is 2.52 bits per heavy atom. The Kier molecular flexibility index (Phi) is 4.26. The van der Waals surface area contributed by atoms with E-state index in [0.29, 0.717) is 12.2 Å². The average molecular weight is 309 g/mol. The van der Waals surface area contributed by atoms with E-state index in [1.807, 2.05) is 11.3 Å². The molecule has 0 aliphatic carbocycles. The van der Waals surface area contributed by atoms with Crippen LogP contribution in [-0.2, 0) is 17.7 Å². The molecule has 1 aromatic heterocycles. The van der Waals surface area contributed by atoms with E-state index < -0.39 is 0 Å². The Labute approximate surface area is 131 Å². The monoisotopic (exact) mass is 309 g/mol. The highest BCUT2D eigenvalue weighted by atomic mass is 32.1. The summed E-state index contributed by atoms with van der Waals surface area (Å²) in [5, 5.41) is 4.78. The van der Waals surface area contributed by atoms with Gasteiger partial charge in [0.1, 0.15) is 0 Å². The minimum atomic E-state index is 0.146. The Hall–Kier alpha value is -0.650. The first kappa shape index (κ1) is 15.3. The van der Waals surface area contributed by atoms with Crippen LogP contribution in [0.25, 0.3) is 0 Å². The predicted molar refractivity (Wildman–Crippen MR) is 88.2 cm³/mol. The van der Waals surface area contributed by atoms with Gasteiger partial charge in [0.05, 0.1) is 17.9 Å². The van der Waals surface area contributed by atoms with Crippen LogP contribution in [0.1, 0.15) is 51.1 Å². The van der Waals surface area contributed by atoms with Crippen molar-refractivity contribution >= 4 is 16.5 Å². The molecule has 2 bridgehead atoms. The molecule has 118 valence electrons. The summed E-state index contributed by atoms with van der Waals surface area (Å²) in [6.07, 6.45) is 4.29. The van der Waals surface area contributed by atoms with Crippen molar-refractivity contribution in [3.8, 4) is 0 Å². The number of ether oxygens (including phenoxy) is 1. The summed E-state index contributed by atoms with van der Waals surface area (Å²) in [5.74, 6) is 0. The van der Waals surface area contributed by atoms with Crippen LogP contribution < -0.4 is 10.2 Å². The average Bonchev–Trinajstić information content (AvgIpc) is 2.99. The van der Waals surface area contributed by atoms with Crippen molar-refractivity contribution in [1.82, 2.24) is 10.3 Å². The van der Waals surface area contributed by atoms with E-state index in [2.05, 4.69) is 37.9 Å². The summed E-state index contributed by atoms with van der Waals surface area (Å²) in [6, 6.07) is 0. The number of rotatable bonds is 4. The molecule has 2 aliphatic heterocycles. The molecule has 2 unspecified atom stereocenters. The highest BCUT2D eigenvalue weighted by Gasteiger charge is 2.35. The lowest BCUT2D eigenvalue weighted by Gasteiger charge is -2.31. The highest BCUT2D eigenvalue weighted by Crippen LogP contribution is 2.33. The van der Waals surface area contributed by atoms with Gasteiger partial charge in [-0.1, -0.05) is 6.92 Å². The maximum absolute atomic E-state index is 5.93.